The average Bonchev–Trinajstić information content (AvgIpc) is 2.24. The van der Waals surface area contributed by atoms with Gasteiger partial charge >= 0.3 is 0 Å². The number of ether oxygens (including phenoxy) is 1. The molecule has 0 heterocycles. The van der Waals surface area contributed by atoms with Gasteiger partial charge in [-0.05, 0) is 25.7 Å². The Labute approximate surface area is 105 Å². The van der Waals surface area contributed by atoms with Crippen molar-refractivity contribution in [1.82, 2.24) is 5.32 Å². The van der Waals surface area contributed by atoms with Gasteiger partial charge in [0.25, 0.3) is 0 Å². The summed E-state index contributed by atoms with van der Waals surface area (Å²) in [6.45, 7) is 8.51. The number of rotatable bonds is 8. The quantitative estimate of drug-likeness (QED) is 0.682. The van der Waals surface area contributed by atoms with E-state index in [1.807, 2.05) is 6.92 Å². The van der Waals surface area contributed by atoms with Crippen LogP contribution in [0.1, 0.15) is 40.5 Å². The van der Waals surface area contributed by atoms with Crippen LogP contribution in [-0.2, 0) is 9.53 Å². The van der Waals surface area contributed by atoms with Crippen LogP contribution < -0.4 is 5.32 Å². The number of carbonyl (C=O) groups excluding carboxylic acids is 1. The largest absolute Gasteiger partial charge is 0.388 e. The third-order valence-corrected chi connectivity index (χ3v) is 2.77. The van der Waals surface area contributed by atoms with Gasteiger partial charge in [-0.2, -0.15) is 0 Å². The number of hydrogen-bond donors (Lipinski definition) is 2. The van der Waals surface area contributed by atoms with Crippen LogP contribution in [0.5, 0.6) is 0 Å². The molecule has 17 heavy (non-hydrogen) atoms. The first-order valence-electron chi connectivity index (χ1n) is 6.27. The van der Waals surface area contributed by atoms with E-state index in [9.17, 15) is 9.90 Å². The Bertz CT molecular complexity index is 227. The topological polar surface area (TPSA) is 58.6 Å². The van der Waals surface area contributed by atoms with E-state index in [4.69, 9.17) is 4.74 Å². The lowest BCUT2D eigenvalue weighted by Crippen LogP contribution is -2.43. The van der Waals surface area contributed by atoms with Gasteiger partial charge in [0.2, 0.25) is 5.91 Å². The standard InChI is InChI=1S/C13H27NO3/c1-10(2)6-7-13(4,16)9-14-12(15)11(3)8-17-5/h10-11,16H,6-9H2,1-5H3,(H,14,15). The van der Waals surface area contributed by atoms with Crippen molar-refractivity contribution < 1.29 is 14.6 Å². The molecule has 4 heteroatoms. The zero-order chi connectivity index (χ0) is 13.5. The highest BCUT2D eigenvalue weighted by molar-refractivity contribution is 5.78. The molecule has 0 bridgehead atoms. The Kier molecular flexibility index (Phi) is 7.39. The molecule has 0 spiro atoms. The molecule has 102 valence electrons. The van der Waals surface area contributed by atoms with E-state index in [1.54, 1.807) is 14.0 Å². The van der Waals surface area contributed by atoms with Crippen LogP contribution in [0.25, 0.3) is 0 Å². The third-order valence-electron chi connectivity index (χ3n) is 2.77. The van der Waals surface area contributed by atoms with Gasteiger partial charge in [-0.15, -0.1) is 0 Å². The predicted molar refractivity (Wildman–Crippen MR) is 68.7 cm³/mol. The maximum absolute atomic E-state index is 11.6. The fourth-order valence-electron chi connectivity index (χ4n) is 1.47. The molecule has 2 unspecified atom stereocenters. The predicted octanol–water partition coefficient (Wildman–Crippen LogP) is 1.57. The van der Waals surface area contributed by atoms with E-state index in [1.165, 1.54) is 0 Å². The van der Waals surface area contributed by atoms with Gasteiger partial charge in [0.05, 0.1) is 18.1 Å². The van der Waals surface area contributed by atoms with Gasteiger partial charge < -0.3 is 15.2 Å². The van der Waals surface area contributed by atoms with Crippen LogP contribution in [0.2, 0.25) is 0 Å². The summed E-state index contributed by atoms with van der Waals surface area (Å²) in [5.74, 6) is 0.308. The lowest BCUT2D eigenvalue weighted by atomic mass is 9.95. The summed E-state index contributed by atoms with van der Waals surface area (Å²) in [7, 11) is 1.57. The molecule has 0 saturated heterocycles. The molecule has 2 atom stereocenters. The number of nitrogens with one attached hydrogen (secondary N) is 1. The molecule has 0 aliphatic carbocycles. The highest BCUT2D eigenvalue weighted by atomic mass is 16.5. The van der Waals surface area contributed by atoms with Crippen LogP contribution in [0.3, 0.4) is 0 Å². The Balaban J connectivity index is 3.95. The molecule has 2 N–H and O–H groups in total. The molecule has 0 aromatic carbocycles. The van der Waals surface area contributed by atoms with Crippen molar-refractivity contribution in [1.29, 1.82) is 0 Å². The van der Waals surface area contributed by atoms with Crippen molar-refractivity contribution in [2.24, 2.45) is 11.8 Å². The normalized spacial score (nSPS) is 16.6. The average molecular weight is 245 g/mol. The third kappa shape index (κ3) is 8.16. The first-order valence-corrected chi connectivity index (χ1v) is 6.27. The number of methoxy groups -OCH3 is 1. The highest BCUT2D eigenvalue weighted by Gasteiger charge is 2.22. The van der Waals surface area contributed by atoms with Gasteiger partial charge in [-0.25, -0.2) is 0 Å². The van der Waals surface area contributed by atoms with Crippen LogP contribution in [-0.4, -0.2) is 36.9 Å². The molecular weight excluding hydrogens is 218 g/mol. The molecule has 0 rings (SSSR count). The second-order valence-electron chi connectivity index (χ2n) is 5.50. The number of amides is 1. The second kappa shape index (κ2) is 7.67. The lowest BCUT2D eigenvalue weighted by Gasteiger charge is -2.25. The molecule has 0 aliphatic rings. The lowest BCUT2D eigenvalue weighted by molar-refractivity contribution is -0.127. The minimum atomic E-state index is -0.827. The van der Waals surface area contributed by atoms with Gasteiger partial charge in [0, 0.05) is 13.7 Å². The first-order chi connectivity index (χ1) is 7.78. The van der Waals surface area contributed by atoms with Crippen molar-refractivity contribution in [3.05, 3.63) is 0 Å². The van der Waals surface area contributed by atoms with Gasteiger partial charge in [0.1, 0.15) is 0 Å². The van der Waals surface area contributed by atoms with Gasteiger partial charge in [-0.3, -0.25) is 4.79 Å². The fraction of sp³-hybridized carbons (Fsp3) is 0.923. The van der Waals surface area contributed by atoms with E-state index in [-0.39, 0.29) is 11.8 Å². The Hall–Kier alpha value is -0.610. The summed E-state index contributed by atoms with van der Waals surface area (Å²) in [6.07, 6.45) is 1.65. The maximum atomic E-state index is 11.6. The van der Waals surface area contributed by atoms with Gasteiger partial charge in [-0.1, -0.05) is 20.8 Å². The van der Waals surface area contributed by atoms with Crippen LogP contribution in [0.4, 0.5) is 0 Å². The van der Waals surface area contributed by atoms with Crippen LogP contribution in [0, 0.1) is 11.8 Å². The Morgan fingerprint density at radius 1 is 1.41 bits per heavy atom. The molecule has 0 fully saturated rings. The molecule has 0 aromatic rings. The van der Waals surface area contributed by atoms with Crippen molar-refractivity contribution >= 4 is 5.91 Å². The van der Waals surface area contributed by atoms with E-state index in [0.717, 1.165) is 6.42 Å². The zero-order valence-electron chi connectivity index (χ0n) is 11.7. The van der Waals surface area contributed by atoms with Crippen LogP contribution in [0.15, 0.2) is 0 Å². The summed E-state index contributed by atoms with van der Waals surface area (Å²) in [6, 6.07) is 0. The monoisotopic (exact) mass is 245 g/mol. The molecule has 0 aliphatic heterocycles. The minimum absolute atomic E-state index is 0.0725. The molecule has 1 amide bonds. The van der Waals surface area contributed by atoms with E-state index in [0.29, 0.717) is 25.5 Å². The Morgan fingerprint density at radius 3 is 2.47 bits per heavy atom. The number of carbonyl (C=O) groups is 1. The Morgan fingerprint density at radius 2 is 2.00 bits per heavy atom. The van der Waals surface area contributed by atoms with Crippen LogP contribution >= 0.6 is 0 Å². The molecule has 0 aromatic heterocycles. The SMILES string of the molecule is COCC(C)C(=O)NCC(C)(O)CCC(C)C. The summed E-state index contributed by atoms with van der Waals surface area (Å²) in [5, 5.41) is 12.8. The summed E-state index contributed by atoms with van der Waals surface area (Å²) < 4.78 is 4.91. The van der Waals surface area contributed by atoms with E-state index < -0.39 is 5.60 Å². The minimum Gasteiger partial charge on any atom is -0.388 e. The molecule has 0 saturated carbocycles. The number of hydrogen-bond acceptors (Lipinski definition) is 3. The molecular formula is C13H27NO3. The van der Waals surface area contributed by atoms with Crippen molar-refractivity contribution in [3.8, 4) is 0 Å². The fourth-order valence-corrected chi connectivity index (χ4v) is 1.47. The maximum Gasteiger partial charge on any atom is 0.225 e. The second-order valence-corrected chi connectivity index (χ2v) is 5.50. The van der Waals surface area contributed by atoms with E-state index in [2.05, 4.69) is 19.2 Å². The number of aliphatic hydroxyl groups is 1. The summed E-state index contributed by atoms with van der Waals surface area (Å²) in [4.78, 5) is 11.6. The van der Waals surface area contributed by atoms with E-state index >= 15 is 0 Å². The summed E-state index contributed by atoms with van der Waals surface area (Å²) in [5.41, 5.74) is -0.827. The smallest absolute Gasteiger partial charge is 0.225 e. The first kappa shape index (κ1) is 16.4. The van der Waals surface area contributed by atoms with Gasteiger partial charge in [0.15, 0.2) is 0 Å². The zero-order valence-corrected chi connectivity index (χ0v) is 11.7. The summed E-state index contributed by atoms with van der Waals surface area (Å²) >= 11 is 0. The molecule has 0 radical (unpaired) electrons. The van der Waals surface area contributed by atoms with Crippen molar-refractivity contribution in [3.63, 3.8) is 0 Å². The van der Waals surface area contributed by atoms with Crippen molar-refractivity contribution in [2.45, 2.75) is 46.1 Å². The molecule has 4 nitrogen and oxygen atoms in total. The van der Waals surface area contributed by atoms with Crippen molar-refractivity contribution in [2.75, 3.05) is 20.3 Å². The highest BCUT2D eigenvalue weighted by Crippen LogP contribution is 2.15.